The van der Waals surface area contributed by atoms with Gasteiger partial charge in [-0.05, 0) is 54.4 Å². The van der Waals surface area contributed by atoms with E-state index in [1.807, 2.05) is 0 Å². The van der Waals surface area contributed by atoms with Gasteiger partial charge in [0, 0.05) is 22.8 Å². The van der Waals surface area contributed by atoms with E-state index in [9.17, 15) is 9.59 Å². The fraction of sp³-hybridized carbons (Fsp3) is 0.0769. The maximum atomic E-state index is 15.0. The second kappa shape index (κ2) is 9.75. The molecule has 3 aromatic rings. The Kier molecular flexibility index (Phi) is 6.85. The molecule has 162 valence electrons. The molecule has 32 heavy (non-hydrogen) atoms. The molecule has 0 N–H and O–H groups in total. The third-order valence-corrected chi connectivity index (χ3v) is 4.56. The van der Waals surface area contributed by atoms with Gasteiger partial charge in [-0.2, -0.15) is 0 Å². The molecule has 0 spiro atoms. The van der Waals surface area contributed by atoms with E-state index in [1.54, 1.807) is 61.5 Å². The summed E-state index contributed by atoms with van der Waals surface area (Å²) in [6.07, 6.45) is 1.06. The SMILES string of the molecule is C=CC(=O)Oc1ccc(-c2cc(OC)c(-c3ccc(OC(=O)C(=C)C)cc3)cc2F)cc1. The molecule has 3 aromatic carbocycles. The Bertz CT molecular complexity index is 1180. The molecule has 0 radical (unpaired) electrons. The summed E-state index contributed by atoms with van der Waals surface area (Å²) >= 11 is 0. The molecule has 0 bridgehead atoms. The van der Waals surface area contributed by atoms with Crippen molar-refractivity contribution in [2.24, 2.45) is 0 Å². The van der Waals surface area contributed by atoms with Gasteiger partial charge < -0.3 is 14.2 Å². The first kappa shape index (κ1) is 22.5. The summed E-state index contributed by atoms with van der Waals surface area (Å²) in [5, 5.41) is 0. The smallest absolute Gasteiger partial charge is 0.338 e. The molecule has 0 fully saturated rings. The van der Waals surface area contributed by atoms with Crippen LogP contribution >= 0.6 is 0 Å². The third kappa shape index (κ3) is 5.10. The lowest BCUT2D eigenvalue weighted by Crippen LogP contribution is -2.07. The number of ether oxygens (including phenoxy) is 3. The van der Waals surface area contributed by atoms with Crippen molar-refractivity contribution in [3.8, 4) is 39.5 Å². The van der Waals surface area contributed by atoms with Crippen LogP contribution in [0.3, 0.4) is 0 Å². The molecule has 0 aliphatic heterocycles. The van der Waals surface area contributed by atoms with Crippen LogP contribution in [-0.4, -0.2) is 19.0 Å². The van der Waals surface area contributed by atoms with Crippen molar-refractivity contribution in [1.29, 1.82) is 0 Å². The van der Waals surface area contributed by atoms with Gasteiger partial charge >= 0.3 is 11.9 Å². The van der Waals surface area contributed by atoms with E-state index < -0.39 is 17.8 Å². The van der Waals surface area contributed by atoms with Gasteiger partial charge in [0.15, 0.2) is 0 Å². The van der Waals surface area contributed by atoms with Crippen molar-refractivity contribution >= 4 is 11.9 Å². The molecule has 0 unspecified atom stereocenters. The minimum atomic E-state index is -0.574. The lowest BCUT2D eigenvalue weighted by molar-refractivity contribution is -0.130. The minimum absolute atomic E-state index is 0.292. The van der Waals surface area contributed by atoms with Gasteiger partial charge in [0.25, 0.3) is 0 Å². The summed E-state index contributed by atoms with van der Waals surface area (Å²) in [5.74, 6) is -0.388. The molecular weight excluding hydrogens is 411 g/mol. The zero-order chi connectivity index (χ0) is 23.3. The van der Waals surface area contributed by atoms with Crippen molar-refractivity contribution in [3.63, 3.8) is 0 Å². The number of carbonyl (C=O) groups excluding carboxylic acids is 2. The van der Waals surface area contributed by atoms with Crippen molar-refractivity contribution in [2.45, 2.75) is 6.92 Å². The number of benzene rings is 3. The average Bonchev–Trinajstić information content (AvgIpc) is 2.80. The van der Waals surface area contributed by atoms with Gasteiger partial charge in [-0.15, -0.1) is 0 Å². The minimum Gasteiger partial charge on any atom is -0.496 e. The highest BCUT2D eigenvalue weighted by Gasteiger charge is 2.15. The Morgan fingerprint density at radius 3 is 1.91 bits per heavy atom. The monoisotopic (exact) mass is 432 g/mol. The molecule has 0 heterocycles. The van der Waals surface area contributed by atoms with Gasteiger partial charge in [-0.25, -0.2) is 14.0 Å². The highest BCUT2D eigenvalue weighted by molar-refractivity contribution is 5.89. The van der Waals surface area contributed by atoms with Gasteiger partial charge in [0.1, 0.15) is 23.1 Å². The highest BCUT2D eigenvalue weighted by atomic mass is 19.1. The standard InChI is InChI=1S/C26H21FO5/c1-5-25(28)31-19-10-6-17(7-11-19)21-15-24(30-4)22(14-23(21)27)18-8-12-20(13-9-18)32-26(29)16(2)3/h5-15H,1-2H2,3-4H3. The molecule has 0 aromatic heterocycles. The normalized spacial score (nSPS) is 10.2. The van der Waals surface area contributed by atoms with Crippen molar-refractivity contribution in [2.75, 3.05) is 7.11 Å². The quantitative estimate of drug-likeness (QED) is 0.271. The number of hydrogen-bond donors (Lipinski definition) is 0. The molecule has 0 saturated carbocycles. The van der Waals surface area contributed by atoms with E-state index in [0.717, 1.165) is 6.08 Å². The predicted molar refractivity (Wildman–Crippen MR) is 120 cm³/mol. The van der Waals surface area contributed by atoms with Crippen LogP contribution < -0.4 is 14.2 Å². The van der Waals surface area contributed by atoms with E-state index in [2.05, 4.69) is 13.2 Å². The zero-order valence-corrected chi connectivity index (χ0v) is 17.7. The first-order chi connectivity index (χ1) is 15.3. The number of rotatable bonds is 7. The van der Waals surface area contributed by atoms with E-state index in [0.29, 0.717) is 45.1 Å². The zero-order valence-electron chi connectivity index (χ0n) is 17.7. The number of methoxy groups -OCH3 is 1. The second-order valence-corrected chi connectivity index (χ2v) is 6.88. The van der Waals surface area contributed by atoms with Gasteiger partial charge in [0.2, 0.25) is 0 Å². The predicted octanol–water partition coefficient (Wildman–Crippen LogP) is 5.74. The van der Waals surface area contributed by atoms with Gasteiger partial charge in [0.05, 0.1) is 7.11 Å². The van der Waals surface area contributed by atoms with Crippen molar-refractivity contribution in [3.05, 3.63) is 91.3 Å². The topological polar surface area (TPSA) is 61.8 Å². The third-order valence-electron chi connectivity index (χ3n) is 4.56. The maximum Gasteiger partial charge on any atom is 0.338 e. The summed E-state index contributed by atoms with van der Waals surface area (Å²) in [5.41, 5.74) is 2.45. The van der Waals surface area contributed by atoms with Crippen LogP contribution in [0, 0.1) is 5.82 Å². The molecule has 0 aliphatic rings. The number of esters is 2. The molecular formula is C26H21FO5. The Morgan fingerprint density at radius 1 is 0.875 bits per heavy atom. The van der Waals surface area contributed by atoms with E-state index in [-0.39, 0.29) is 0 Å². The summed E-state index contributed by atoms with van der Waals surface area (Å²) in [4.78, 5) is 23.0. The summed E-state index contributed by atoms with van der Waals surface area (Å²) in [6.45, 7) is 8.45. The molecule has 0 atom stereocenters. The van der Waals surface area contributed by atoms with Crippen LogP contribution in [0.4, 0.5) is 4.39 Å². The molecule has 0 saturated heterocycles. The fourth-order valence-corrected chi connectivity index (χ4v) is 2.93. The van der Waals surface area contributed by atoms with E-state index in [4.69, 9.17) is 14.2 Å². The van der Waals surface area contributed by atoms with Crippen molar-refractivity contribution in [1.82, 2.24) is 0 Å². The maximum absolute atomic E-state index is 15.0. The summed E-state index contributed by atoms with van der Waals surface area (Å²) < 4.78 is 30.7. The van der Waals surface area contributed by atoms with E-state index >= 15 is 4.39 Å². The molecule has 6 heteroatoms. The van der Waals surface area contributed by atoms with Crippen LogP contribution in [0.5, 0.6) is 17.2 Å². The Labute approximate surface area is 185 Å². The van der Waals surface area contributed by atoms with E-state index in [1.165, 1.54) is 13.2 Å². The number of hydrogen-bond acceptors (Lipinski definition) is 5. The average molecular weight is 432 g/mol. The van der Waals surface area contributed by atoms with Crippen LogP contribution in [0.2, 0.25) is 0 Å². The van der Waals surface area contributed by atoms with Crippen LogP contribution in [-0.2, 0) is 9.59 Å². The lowest BCUT2D eigenvalue weighted by atomic mass is 9.98. The molecule has 0 aliphatic carbocycles. The Hall–Kier alpha value is -4.19. The highest BCUT2D eigenvalue weighted by Crippen LogP contribution is 2.37. The molecule has 0 amide bonds. The summed E-state index contributed by atoms with van der Waals surface area (Å²) in [6, 6.07) is 16.1. The second-order valence-electron chi connectivity index (χ2n) is 6.88. The van der Waals surface area contributed by atoms with Gasteiger partial charge in [-0.3, -0.25) is 0 Å². The number of halogens is 1. The first-order valence-corrected chi connectivity index (χ1v) is 9.62. The fourth-order valence-electron chi connectivity index (χ4n) is 2.93. The lowest BCUT2D eigenvalue weighted by Gasteiger charge is -2.13. The van der Waals surface area contributed by atoms with Crippen molar-refractivity contribution < 1.29 is 28.2 Å². The molecule has 5 nitrogen and oxygen atoms in total. The number of carbonyl (C=O) groups is 2. The van der Waals surface area contributed by atoms with Crippen LogP contribution in [0.15, 0.2) is 85.5 Å². The largest absolute Gasteiger partial charge is 0.496 e. The first-order valence-electron chi connectivity index (χ1n) is 9.62. The van der Waals surface area contributed by atoms with Crippen LogP contribution in [0.1, 0.15) is 6.92 Å². The van der Waals surface area contributed by atoms with Gasteiger partial charge in [-0.1, -0.05) is 37.4 Å². The van der Waals surface area contributed by atoms with Crippen LogP contribution in [0.25, 0.3) is 22.3 Å². The Morgan fingerprint density at radius 2 is 1.41 bits per heavy atom. The Balaban J connectivity index is 1.90. The summed E-state index contributed by atoms with van der Waals surface area (Å²) in [7, 11) is 1.50. The molecule has 3 rings (SSSR count).